The summed E-state index contributed by atoms with van der Waals surface area (Å²) in [5.41, 5.74) is 5.94. The highest BCUT2D eigenvalue weighted by Gasteiger charge is 2.31. The van der Waals surface area contributed by atoms with E-state index >= 15 is 0 Å². The van der Waals surface area contributed by atoms with Crippen LogP contribution >= 0.6 is 0 Å². The maximum atomic E-state index is 12.3. The number of benzene rings is 1. The van der Waals surface area contributed by atoms with Gasteiger partial charge >= 0.3 is 5.97 Å². The Kier molecular flexibility index (Phi) is 7.48. The van der Waals surface area contributed by atoms with Crippen LogP contribution in [0.5, 0.6) is 17.2 Å². The van der Waals surface area contributed by atoms with E-state index in [-0.39, 0.29) is 6.42 Å². The molecule has 154 valence electrons. The van der Waals surface area contributed by atoms with Gasteiger partial charge in [-0.2, -0.15) is 0 Å². The Morgan fingerprint density at radius 1 is 1.07 bits per heavy atom. The molecule has 28 heavy (non-hydrogen) atoms. The van der Waals surface area contributed by atoms with Crippen LogP contribution in [0.15, 0.2) is 12.1 Å². The summed E-state index contributed by atoms with van der Waals surface area (Å²) in [6.07, 6.45) is 2.07. The first-order valence-corrected chi connectivity index (χ1v) is 8.94. The number of nitrogens with two attached hydrogens (primary N) is 1. The Morgan fingerprint density at radius 3 is 2.25 bits per heavy atom. The Morgan fingerprint density at radius 2 is 1.71 bits per heavy atom. The van der Waals surface area contributed by atoms with Gasteiger partial charge in [0.2, 0.25) is 11.7 Å². The zero-order valence-electron chi connectivity index (χ0n) is 16.4. The minimum Gasteiger partial charge on any atom is -0.493 e. The van der Waals surface area contributed by atoms with Gasteiger partial charge in [0.05, 0.1) is 27.8 Å². The van der Waals surface area contributed by atoms with Gasteiger partial charge in [0.25, 0.3) is 5.91 Å². The molecule has 1 saturated heterocycles. The third kappa shape index (κ3) is 5.05. The molecule has 0 radical (unpaired) electrons. The quantitative estimate of drug-likeness (QED) is 0.644. The summed E-state index contributed by atoms with van der Waals surface area (Å²) in [6, 6.07) is 2.63. The van der Waals surface area contributed by atoms with Gasteiger partial charge in [-0.05, 0) is 37.0 Å². The monoisotopic (exact) mass is 394 g/mol. The Hall–Kier alpha value is -2.97. The second-order valence-corrected chi connectivity index (χ2v) is 6.37. The summed E-state index contributed by atoms with van der Waals surface area (Å²) < 4.78 is 20.8. The molecule has 1 aliphatic heterocycles. The number of methoxy groups -OCH3 is 3. The smallest absolute Gasteiger partial charge is 0.310 e. The number of primary amides is 1. The molecule has 2 rings (SSSR count). The van der Waals surface area contributed by atoms with E-state index in [9.17, 15) is 14.4 Å². The fraction of sp³-hybridized carbons (Fsp3) is 0.526. The number of hydrogen-bond donors (Lipinski definition) is 1. The maximum Gasteiger partial charge on any atom is 0.310 e. The summed E-state index contributed by atoms with van der Waals surface area (Å²) >= 11 is 0. The lowest BCUT2D eigenvalue weighted by Gasteiger charge is -2.33. The number of carbonyl (C=O) groups is 3. The summed E-state index contributed by atoms with van der Waals surface area (Å²) in [5.74, 6) is -0.314. The van der Waals surface area contributed by atoms with E-state index in [1.807, 2.05) is 0 Å². The fourth-order valence-corrected chi connectivity index (χ4v) is 3.21. The second-order valence-electron chi connectivity index (χ2n) is 6.37. The molecule has 1 fully saturated rings. The van der Waals surface area contributed by atoms with Crippen LogP contribution in [-0.4, -0.2) is 63.2 Å². The van der Waals surface area contributed by atoms with Gasteiger partial charge in [0.1, 0.15) is 6.04 Å². The van der Waals surface area contributed by atoms with Crippen molar-refractivity contribution in [1.82, 2.24) is 4.90 Å². The summed E-state index contributed by atoms with van der Waals surface area (Å²) in [5, 5.41) is 0. The van der Waals surface area contributed by atoms with Gasteiger partial charge in [0, 0.05) is 6.54 Å². The first-order chi connectivity index (χ1) is 13.4. The predicted molar refractivity (Wildman–Crippen MR) is 99.3 cm³/mol. The number of ether oxygens (including phenoxy) is 4. The lowest BCUT2D eigenvalue weighted by atomic mass is 10.0. The third-order valence-corrected chi connectivity index (χ3v) is 4.58. The van der Waals surface area contributed by atoms with Crippen LogP contribution in [0.25, 0.3) is 0 Å². The lowest BCUT2D eigenvalue weighted by Crippen LogP contribution is -2.51. The van der Waals surface area contributed by atoms with E-state index in [0.717, 1.165) is 12.8 Å². The predicted octanol–water partition coefficient (Wildman–Crippen LogP) is 0.665. The molecule has 1 aliphatic rings. The largest absolute Gasteiger partial charge is 0.493 e. The number of carbonyl (C=O) groups excluding carboxylic acids is 3. The van der Waals surface area contributed by atoms with E-state index in [4.69, 9.17) is 24.7 Å². The number of amides is 2. The number of nitrogens with zero attached hydrogens (tertiary/aromatic N) is 1. The molecular formula is C19H26N2O7. The molecule has 0 unspecified atom stereocenters. The van der Waals surface area contributed by atoms with Gasteiger partial charge in [-0.3, -0.25) is 14.4 Å². The van der Waals surface area contributed by atoms with Crippen LogP contribution in [-0.2, 0) is 25.5 Å². The van der Waals surface area contributed by atoms with Crippen molar-refractivity contribution in [3.63, 3.8) is 0 Å². The van der Waals surface area contributed by atoms with Crippen molar-refractivity contribution in [2.75, 3.05) is 34.5 Å². The Labute approximate surface area is 163 Å². The molecule has 0 aromatic heterocycles. The molecule has 1 aromatic rings. The van der Waals surface area contributed by atoms with Crippen molar-refractivity contribution in [2.24, 2.45) is 5.73 Å². The van der Waals surface area contributed by atoms with Crippen molar-refractivity contribution in [2.45, 2.75) is 31.7 Å². The van der Waals surface area contributed by atoms with Crippen molar-refractivity contribution < 1.29 is 33.3 Å². The zero-order valence-corrected chi connectivity index (χ0v) is 16.4. The van der Waals surface area contributed by atoms with E-state index in [1.165, 1.54) is 26.2 Å². The van der Waals surface area contributed by atoms with E-state index < -0.39 is 30.4 Å². The third-order valence-electron chi connectivity index (χ3n) is 4.58. The molecular weight excluding hydrogens is 368 g/mol. The molecule has 2 amide bonds. The van der Waals surface area contributed by atoms with Crippen molar-refractivity contribution >= 4 is 17.8 Å². The highest BCUT2D eigenvalue weighted by Crippen LogP contribution is 2.38. The summed E-state index contributed by atoms with van der Waals surface area (Å²) in [4.78, 5) is 37.4. The molecule has 1 heterocycles. The van der Waals surface area contributed by atoms with Gasteiger partial charge in [-0.25, -0.2) is 0 Å². The van der Waals surface area contributed by atoms with E-state index in [0.29, 0.717) is 35.8 Å². The normalized spacial score (nSPS) is 16.2. The first kappa shape index (κ1) is 21.3. The number of likely N-dealkylation sites (tertiary alicyclic amines) is 1. The molecule has 9 nitrogen and oxygen atoms in total. The van der Waals surface area contributed by atoms with Crippen LogP contribution in [0.1, 0.15) is 24.8 Å². The molecule has 1 aromatic carbocycles. The molecule has 0 aliphatic carbocycles. The van der Waals surface area contributed by atoms with Gasteiger partial charge in [-0.1, -0.05) is 0 Å². The van der Waals surface area contributed by atoms with Crippen molar-refractivity contribution in [3.05, 3.63) is 17.7 Å². The van der Waals surface area contributed by atoms with Crippen LogP contribution < -0.4 is 19.9 Å². The van der Waals surface area contributed by atoms with Crippen LogP contribution in [0.3, 0.4) is 0 Å². The first-order valence-electron chi connectivity index (χ1n) is 8.94. The minimum atomic E-state index is -0.643. The topological polar surface area (TPSA) is 117 Å². The summed E-state index contributed by atoms with van der Waals surface area (Å²) in [6.45, 7) is -0.0100. The minimum absolute atomic E-state index is 0.0801. The summed E-state index contributed by atoms with van der Waals surface area (Å²) in [7, 11) is 4.44. The second kappa shape index (κ2) is 9.82. The Bertz CT molecular complexity index is 710. The highest BCUT2D eigenvalue weighted by atomic mass is 16.5. The van der Waals surface area contributed by atoms with Gasteiger partial charge in [0.15, 0.2) is 18.1 Å². The Balaban J connectivity index is 1.98. The SMILES string of the molecule is COc1cc(CC(=O)OCC(=O)N2CCCC[C@H]2C(N)=O)cc(OC)c1OC. The average Bonchev–Trinajstić information content (AvgIpc) is 2.71. The van der Waals surface area contributed by atoms with Crippen LogP contribution in [0, 0.1) is 0 Å². The standard InChI is InChI=1S/C19H26N2O7/c1-25-14-8-12(9-15(26-2)18(14)27-3)10-17(23)28-11-16(22)21-7-5-4-6-13(21)19(20)24/h8-9,13H,4-7,10-11H2,1-3H3,(H2,20,24)/t13-/m0/s1. The fourth-order valence-electron chi connectivity index (χ4n) is 3.21. The van der Waals surface area contributed by atoms with E-state index in [2.05, 4.69) is 0 Å². The van der Waals surface area contributed by atoms with Crippen molar-refractivity contribution in [3.8, 4) is 17.2 Å². The number of esters is 1. The number of rotatable bonds is 8. The zero-order chi connectivity index (χ0) is 20.7. The van der Waals surface area contributed by atoms with Gasteiger partial charge in [-0.15, -0.1) is 0 Å². The van der Waals surface area contributed by atoms with Crippen molar-refractivity contribution in [1.29, 1.82) is 0 Å². The van der Waals surface area contributed by atoms with E-state index in [1.54, 1.807) is 12.1 Å². The lowest BCUT2D eigenvalue weighted by molar-refractivity contribution is -0.154. The number of hydrogen-bond acceptors (Lipinski definition) is 7. The van der Waals surface area contributed by atoms with Gasteiger partial charge < -0.3 is 29.6 Å². The molecule has 0 saturated carbocycles. The van der Waals surface area contributed by atoms with Crippen LogP contribution in [0.2, 0.25) is 0 Å². The molecule has 9 heteroatoms. The molecule has 2 N–H and O–H groups in total. The maximum absolute atomic E-state index is 12.3. The highest BCUT2D eigenvalue weighted by molar-refractivity contribution is 5.88. The number of piperidine rings is 1. The molecule has 0 spiro atoms. The average molecular weight is 394 g/mol. The van der Waals surface area contributed by atoms with Crippen LogP contribution in [0.4, 0.5) is 0 Å². The molecule has 0 bridgehead atoms. The molecule has 1 atom stereocenters.